The van der Waals surface area contributed by atoms with Crippen LogP contribution in [0.2, 0.25) is 0 Å². The largest absolute Gasteiger partial charge is 0.497 e. The predicted molar refractivity (Wildman–Crippen MR) is 184 cm³/mol. The van der Waals surface area contributed by atoms with Gasteiger partial charge in [-0.2, -0.15) is 0 Å². The lowest BCUT2D eigenvalue weighted by Gasteiger charge is -2.31. The molecule has 1 heterocycles. The van der Waals surface area contributed by atoms with Gasteiger partial charge < -0.3 is 25.4 Å². The molecule has 49 heavy (non-hydrogen) atoms. The fraction of sp³-hybridized carbons (Fsp3) is 0.395. The summed E-state index contributed by atoms with van der Waals surface area (Å²) in [6.07, 6.45) is 3.13. The van der Waals surface area contributed by atoms with Gasteiger partial charge in [-0.05, 0) is 60.2 Å². The van der Waals surface area contributed by atoms with Gasteiger partial charge in [-0.1, -0.05) is 67.4 Å². The minimum absolute atomic E-state index is 0.0405. The molecule has 11 nitrogen and oxygen atoms in total. The molecule has 2 unspecified atom stereocenters. The number of ether oxygens (including phenoxy) is 1. The van der Waals surface area contributed by atoms with Crippen LogP contribution < -0.4 is 20.3 Å². The normalized spacial score (nSPS) is 19.0. The van der Waals surface area contributed by atoms with Crippen LogP contribution in [0.15, 0.2) is 78.9 Å². The smallest absolute Gasteiger partial charge is 0.326 e. The molecule has 258 valence electrons. The van der Waals surface area contributed by atoms with Crippen molar-refractivity contribution in [3.63, 3.8) is 0 Å². The molecular formula is C38H44N4O7. The number of carbonyl (C=O) groups is 5. The van der Waals surface area contributed by atoms with E-state index < -0.39 is 29.6 Å². The Morgan fingerprint density at radius 2 is 1.55 bits per heavy atom. The fourth-order valence-electron chi connectivity index (χ4n) is 7.12. The first-order valence-corrected chi connectivity index (χ1v) is 16.7. The molecule has 5 rings (SSSR count). The van der Waals surface area contributed by atoms with Crippen molar-refractivity contribution < 1.29 is 33.8 Å². The molecule has 3 aromatic carbocycles. The number of nitrogens with one attached hydrogen (secondary N) is 2. The van der Waals surface area contributed by atoms with E-state index in [0.29, 0.717) is 49.2 Å². The number of carboxylic acid groups (broad SMARTS) is 1. The van der Waals surface area contributed by atoms with Crippen LogP contribution in [-0.4, -0.2) is 65.3 Å². The fourth-order valence-corrected chi connectivity index (χ4v) is 7.12. The molecule has 1 aliphatic heterocycles. The zero-order chi connectivity index (χ0) is 35.1. The highest BCUT2D eigenvalue weighted by Gasteiger charge is 2.48. The summed E-state index contributed by atoms with van der Waals surface area (Å²) in [5, 5.41) is 15.6. The minimum atomic E-state index is -1.16. The second-order valence-corrected chi connectivity index (χ2v) is 12.9. The van der Waals surface area contributed by atoms with Gasteiger partial charge in [0.15, 0.2) is 0 Å². The third-order valence-corrected chi connectivity index (χ3v) is 9.69. The quantitative estimate of drug-likeness (QED) is 0.245. The van der Waals surface area contributed by atoms with Crippen LogP contribution in [0.25, 0.3) is 0 Å². The van der Waals surface area contributed by atoms with Gasteiger partial charge in [0.1, 0.15) is 24.0 Å². The molecule has 11 heteroatoms. The number of carbonyl (C=O) groups excluding carboxylic acids is 4. The Hall–Kier alpha value is -5.19. The van der Waals surface area contributed by atoms with Gasteiger partial charge >= 0.3 is 5.97 Å². The van der Waals surface area contributed by atoms with Crippen molar-refractivity contribution in [2.24, 2.45) is 5.41 Å². The lowest BCUT2D eigenvalue weighted by molar-refractivity contribution is -0.144. The number of hydrogen-bond acceptors (Lipinski definition) is 6. The number of methoxy groups -OCH3 is 1. The number of nitrogens with zero attached hydrogens (tertiary/aromatic N) is 2. The first-order valence-electron chi connectivity index (χ1n) is 16.7. The third-order valence-electron chi connectivity index (χ3n) is 9.69. The van der Waals surface area contributed by atoms with Crippen molar-refractivity contribution in [3.05, 3.63) is 95.6 Å². The third kappa shape index (κ3) is 7.93. The van der Waals surface area contributed by atoms with E-state index in [1.165, 1.54) is 13.8 Å². The second-order valence-electron chi connectivity index (χ2n) is 12.9. The van der Waals surface area contributed by atoms with E-state index in [0.717, 1.165) is 24.0 Å². The lowest BCUT2D eigenvalue weighted by atomic mass is 9.81. The van der Waals surface area contributed by atoms with Crippen LogP contribution in [0.3, 0.4) is 0 Å². The van der Waals surface area contributed by atoms with E-state index in [2.05, 4.69) is 10.6 Å². The summed E-state index contributed by atoms with van der Waals surface area (Å²) in [5.74, 6) is -1.41. The maximum Gasteiger partial charge on any atom is 0.326 e. The summed E-state index contributed by atoms with van der Waals surface area (Å²) in [5.41, 5.74) is 2.17. The van der Waals surface area contributed by atoms with Crippen molar-refractivity contribution in [1.82, 2.24) is 15.5 Å². The number of amides is 4. The Bertz CT molecular complexity index is 1650. The van der Waals surface area contributed by atoms with Crippen LogP contribution in [0.1, 0.15) is 68.8 Å². The molecule has 3 atom stereocenters. The molecule has 0 aromatic heterocycles. The highest BCUT2D eigenvalue weighted by molar-refractivity contribution is 6.03. The molecule has 2 aliphatic rings. The van der Waals surface area contributed by atoms with E-state index in [1.807, 2.05) is 54.6 Å². The average molecular weight is 669 g/mol. The monoisotopic (exact) mass is 668 g/mol. The van der Waals surface area contributed by atoms with Crippen molar-refractivity contribution in [1.29, 1.82) is 0 Å². The Labute approximate surface area is 286 Å². The van der Waals surface area contributed by atoms with Crippen LogP contribution in [0.4, 0.5) is 5.69 Å². The summed E-state index contributed by atoms with van der Waals surface area (Å²) in [7, 11) is 1.59. The molecule has 1 aliphatic carbocycles. The van der Waals surface area contributed by atoms with Crippen LogP contribution in [0, 0.1) is 5.41 Å². The summed E-state index contributed by atoms with van der Waals surface area (Å²) in [6, 6.07) is 21.9. The van der Waals surface area contributed by atoms with Gasteiger partial charge in [0.05, 0.1) is 12.5 Å². The number of anilines is 1. The number of aliphatic carboxylic acids is 1. The highest BCUT2D eigenvalue weighted by Crippen LogP contribution is 2.42. The van der Waals surface area contributed by atoms with Crippen molar-refractivity contribution in [2.75, 3.05) is 18.6 Å². The molecule has 3 aromatic rings. The Kier molecular flexibility index (Phi) is 11.0. The van der Waals surface area contributed by atoms with E-state index >= 15 is 0 Å². The van der Waals surface area contributed by atoms with Gasteiger partial charge in [0, 0.05) is 38.9 Å². The maximum atomic E-state index is 14.2. The zero-order valence-electron chi connectivity index (χ0n) is 28.2. The zero-order valence-corrected chi connectivity index (χ0v) is 28.2. The number of hydrogen-bond donors (Lipinski definition) is 3. The lowest BCUT2D eigenvalue weighted by Crippen LogP contribution is -2.49. The summed E-state index contributed by atoms with van der Waals surface area (Å²) >= 11 is 0. The molecule has 0 bridgehead atoms. The van der Waals surface area contributed by atoms with Crippen LogP contribution in [-0.2, 0) is 36.8 Å². The second kappa shape index (κ2) is 15.4. The van der Waals surface area contributed by atoms with Gasteiger partial charge in [0.2, 0.25) is 17.7 Å². The van der Waals surface area contributed by atoms with E-state index in [9.17, 15) is 29.1 Å². The summed E-state index contributed by atoms with van der Waals surface area (Å²) < 4.78 is 5.28. The standard InChI is InChI=1S/C38H44N4O7/c1-25(43)39-22-21-38(19-7-8-20-38)37(48)40-32(36(46)47)23-27-11-15-30(16-12-27)42-34(29-9-5-4-6-10-29)41(26(2)44)33(35(42)45)24-28-13-17-31(49-3)18-14-28/h4-6,9-18,32-34H,7-8,19-24H2,1-3H3,(H,39,43)(H,40,48)(H,46,47)/t32?,33-,34?/m1/s1. The Morgan fingerprint density at radius 3 is 2.12 bits per heavy atom. The summed E-state index contributed by atoms with van der Waals surface area (Å²) in [6.45, 7) is 3.24. The SMILES string of the molecule is COc1ccc(C[C@@H]2C(=O)N(c3ccc(CC(NC(=O)C4(CCNC(C)=O)CCCC4)C(=O)O)cc3)C(c3ccccc3)N2C(C)=O)cc1. The first-order chi connectivity index (χ1) is 23.5. The van der Waals surface area contributed by atoms with E-state index in [4.69, 9.17) is 4.74 Å². The first kappa shape index (κ1) is 35.1. The molecule has 4 amide bonds. The molecule has 2 fully saturated rings. The van der Waals surface area contributed by atoms with Crippen LogP contribution in [0.5, 0.6) is 5.75 Å². The van der Waals surface area contributed by atoms with Crippen molar-refractivity contribution in [2.45, 2.75) is 77.0 Å². The van der Waals surface area contributed by atoms with Gasteiger partial charge in [-0.3, -0.25) is 24.1 Å². The minimum Gasteiger partial charge on any atom is -0.497 e. The van der Waals surface area contributed by atoms with E-state index in [1.54, 1.807) is 41.2 Å². The highest BCUT2D eigenvalue weighted by atomic mass is 16.5. The molecule has 1 saturated carbocycles. The Balaban J connectivity index is 1.38. The Morgan fingerprint density at radius 1 is 0.918 bits per heavy atom. The van der Waals surface area contributed by atoms with Crippen molar-refractivity contribution >= 4 is 35.3 Å². The topological polar surface area (TPSA) is 145 Å². The average Bonchev–Trinajstić information content (AvgIpc) is 3.68. The molecule has 3 N–H and O–H groups in total. The summed E-state index contributed by atoms with van der Waals surface area (Å²) in [4.78, 5) is 67.9. The van der Waals surface area contributed by atoms with Gasteiger partial charge in [-0.25, -0.2) is 4.79 Å². The van der Waals surface area contributed by atoms with Crippen LogP contribution >= 0.6 is 0 Å². The van der Waals surface area contributed by atoms with Gasteiger partial charge in [-0.15, -0.1) is 0 Å². The maximum absolute atomic E-state index is 14.2. The molecular weight excluding hydrogens is 624 g/mol. The molecule has 0 spiro atoms. The number of benzene rings is 3. The number of rotatable bonds is 13. The molecule has 0 radical (unpaired) electrons. The van der Waals surface area contributed by atoms with E-state index in [-0.39, 0.29) is 30.0 Å². The number of carboxylic acids is 1. The van der Waals surface area contributed by atoms with Crippen molar-refractivity contribution in [3.8, 4) is 5.75 Å². The molecule has 1 saturated heterocycles. The predicted octanol–water partition coefficient (Wildman–Crippen LogP) is 4.40. The van der Waals surface area contributed by atoms with Gasteiger partial charge in [0.25, 0.3) is 5.91 Å².